The molecule has 3 rings (SSSR count). The molecule has 3 aromatic rings. The largest absolute Gasteiger partial charge is 0.456 e. The lowest BCUT2D eigenvalue weighted by Gasteiger charge is -2.09. The molecule has 3 heteroatoms. The average Bonchev–Trinajstić information content (AvgIpc) is 2.54. The van der Waals surface area contributed by atoms with E-state index in [0.29, 0.717) is 0 Å². The standard InChI is InChI=1S/C12H12OP2.C6H6/c14-11-7-3-1-5-9(11)13-10-6-2-4-8-12(10)15;1-2-4-6-5-3-1/h1-8H,14-15H2;1-6H. The first-order valence-electron chi connectivity index (χ1n) is 6.64. The van der Waals surface area contributed by atoms with Crippen LogP contribution in [0.2, 0.25) is 0 Å². The fourth-order valence-electron chi connectivity index (χ4n) is 1.65. The summed E-state index contributed by atoms with van der Waals surface area (Å²) in [5.74, 6) is 1.75. The molecule has 2 atom stereocenters. The van der Waals surface area contributed by atoms with Crippen molar-refractivity contribution in [1.29, 1.82) is 0 Å². The Labute approximate surface area is 130 Å². The highest BCUT2D eigenvalue weighted by Crippen LogP contribution is 2.20. The van der Waals surface area contributed by atoms with E-state index in [1.165, 1.54) is 0 Å². The van der Waals surface area contributed by atoms with E-state index in [1.807, 2.05) is 84.9 Å². The van der Waals surface area contributed by atoms with E-state index in [4.69, 9.17) is 4.74 Å². The maximum absolute atomic E-state index is 5.80. The van der Waals surface area contributed by atoms with Crippen LogP contribution in [0.15, 0.2) is 84.9 Å². The highest BCUT2D eigenvalue weighted by Gasteiger charge is 2.02. The fraction of sp³-hybridized carbons (Fsp3) is 0. The van der Waals surface area contributed by atoms with Gasteiger partial charge in [-0.05, 0) is 12.1 Å². The van der Waals surface area contributed by atoms with Gasteiger partial charge < -0.3 is 4.74 Å². The molecule has 21 heavy (non-hydrogen) atoms. The maximum Gasteiger partial charge on any atom is 0.134 e. The van der Waals surface area contributed by atoms with Crippen LogP contribution in [0.25, 0.3) is 0 Å². The lowest BCUT2D eigenvalue weighted by atomic mass is 10.3. The highest BCUT2D eigenvalue weighted by atomic mass is 31.0. The molecular weight excluding hydrogens is 294 g/mol. The smallest absolute Gasteiger partial charge is 0.134 e. The Kier molecular flexibility index (Phi) is 6.41. The van der Waals surface area contributed by atoms with Crippen molar-refractivity contribution >= 4 is 29.1 Å². The van der Waals surface area contributed by atoms with Crippen LogP contribution in [0.3, 0.4) is 0 Å². The molecule has 106 valence electrons. The van der Waals surface area contributed by atoms with Crippen molar-refractivity contribution in [3.63, 3.8) is 0 Å². The summed E-state index contributed by atoms with van der Waals surface area (Å²) in [5.41, 5.74) is 0. The van der Waals surface area contributed by atoms with E-state index in [9.17, 15) is 0 Å². The Morgan fingerprint density at radius 3 is 1.14 bits per heavy atom. The summed E-state index contributed by atoms with van der Waals surface area (Å²) in [5, 5.41) is 2.12. The van der Waals surface area contributed by atoms with Gasteiger partial charge in [0.15, 0.2) is 0 Å². The molecule has 0 N–H and O–H groups in total. The second-order valence-corrected chi connectivity index (χ2v) is 5.58. The minimum absolute atomic E-state index is 0.873. The van der Waals surface area contributed by atoms with Crippen LogP contribution in [0.4, 0.5) is 0 Å². The number of hydrogen-bond acceptors (Lipinski definition) is 1. The Balaban J connectivity index is 0.000000225. The quantitative estimate of drug-likeness (QED) is 0.646. The van der Waals surface area contributed by atoms with Crippen LogP contribution in [-0.2, 0) is 0 Å². The molecule has 0 amide bonds. The van der Waals surface area contributed by atoms with Crippen molar-refractivity contribution in [2.45, 2.75) is 0 Å². The van der Waals surface area contributed by atoms with Gasteiger partial charge >= 0.3 is 0 Å². The van der Waals surface area contributed by atoms with Crippen molar-refractivity contribution in [2.24, 2.45) is 0 Å². The molecule has 0 saturated heterocycles. The minimum atomic E-state index is 0.873. The number of hydrogen-bond donors (Lipinski definition) is 0. The first-order chi connectivity index (χ1) is 10.3. The van der Waals surface area contributed by atoms with Gasteiger partial charge in [-0.2, -0.15) is 0 Å². The van der Waals surface area contributed by atoms with Crippen LogP contribution >= 0.6 is 18.5 Å². The molecule has 0 aromatic heterocycles. The molecule has 0 aliphatic rings. The maximum atomic E-state index is 5.80. The zero-order valence-electron chi connectivity index (χ0n) is 11.6. The normalized spacial score (nSPS) is 9.43. The average molecular weight is 312 g/mol. The first kappa shape index (κ1) is 15.7. The van der Waals surface area contributed by atoms with E-state index >= 15 is 0 Å². The highest BCUT2D eigenvalue weighted by molar-refractivity contribution is 7.28. The molecule has 1 nitrogen and oxygen atoms in total. The molecular formula is C18H18OP2. The summed E-state index contributed by atoms with van der Waals surface area (Å²) >= 11 is 0. The van der Waals surface area contributed by atoms with Gasteiger partial charge in [0.1, 0.15) is 11.5 Å². The third kappa shape index (κ3) is 5.31. The van der Waals surface area contributed by atoms with Gasteiger partial charge in [-0.25, -0.2) is 0 Å². The molecule has 0 heterocycles. The van der Waals surface area contributed by atoms with Gasteiger partial charge in [-0.15, -0.1) is 18.5 Å². The summed E-state index contributed by atoms with van der Waals surface area (Å²) in [7, 11) is 5.33. The van der Waals surface area contributed by atoms with Crippen molar-refractivity contribution in [1.82, 2.24) is 0 Å². The van der Waals surface area contributed by atoms with E-state index < -0.39 is 0 Å². The molecule has 0 aliphatic carbocycles. The molecule has 2 unspecified atom stereocenters. The summed E-state index contributed by atoms with van der Waals surface area (Å²) in [6.07, 6.45) is 0. The van der Waals surface area contributed by atoms with Crippen molar-refractivity contribution in [3.8, 4) is 11.5 Å². The third-order valence-electron chi connectivity index (χ3n) is 2.72. The number of para-hydroxylation sites is 2. The van der Waals surface area contributed by atoms with Gasteiger partial charge in [0.25, 0.3) is 0 Å². The van der Waals surface area contributed by atoms with Gasteiger partial charge in [-0.1, -0.05) is 72.8 Å². The zero-order chi connectivity index (χ0) is 14.9. The van der Waals surface area contributed by atoms with Gasteiger partial charge in [0.2, 0.25) is 0 Å². The predicted octanol–water partition coefficient (Wildman–Crippen LogP) is 4.17. The van der Waals surface area contributed by atoms with E-state index in [1.54, 1.807) is 0 Å². The zero-order valence-corrected chi connectivity index (χ0v) is 14.0. The predicted molar refractivity (Wildman–Crippen MR) is 98.1 cm³/mol. The van der Waals surface area contributed by atoms with Crippen LogP contribution in [0.1, 0.15) is 0 Å². The fourth-order valence-corrected chi connectivity index (χ4v) is 2.18. The van der Waals surface area contributed by atoms with E-state index in [0.717, 1.165) is 22.1 Å². The van der Waals surface area contributed by atoms with Crippen molar-refractivity contribution < 1.29 is 4.74 Å². The van der Waals surface area contributed by atoms with Crippen LogP contribution < -0.4 is 15.3 Å². The van der Waals surface area contributed by atoms with Crippen molar-refractivity contribution in [2.75, 3.05) is 0 Å². The van der Waals surface area contributed by atoms with E-state index in [-0.39, 0.29) is 0 Å². The van der Waals surface area contributed by atoms with Crippen LogP contribution in [0.5, 0.6) is 11.5 Å². The number of benzene rings is 3. The van der Waals surface area contributed by atoms with Gasteiger partial charge in [-0.3, -0.25) is 0 Å². The lowest BCUT2D eigenvalue weighted by molar-refractivity contribution is 0.491. The number of ether oxygens (including phenoxy) is 1. The minimum Gasteiger partial charge on any atom is -0.456 e. The first-order valence-corrected chi connectivity index (χ1v) is 7.79. The summed E-state index contributed by atoms with van der Waals surface area (Å²) in [6.45, 7) is 0. The molecule has 3 aromatic carbocycles. The summed E-state index contributed by atoms with van der Waals surface area (Å²) in [4.78, 5) is 0. The molecule has 0 aliphatic heterocycles. The van der Waals surface area contributed by atoms with Gasteiger partial charge in [0, 0.05) is 10.6 Å². The second-order valence-electron chi connectivity index (χ2n) is 4.33. The molecule has 0 saturated carbocycles. The Hall–Kier alpha value is -1.68. The lowest BCUT2D eigenvalue weighted by Crippen LogP contribution is -2.02. The molecule has 0 radical (unpaired) electrons. The molecule has 0 spiro atoms. The number of rotatable bonds is 2. The topological polar surface area (TPSA) is 9.23 Å². The van der Waals surface area contributed by atoms with Gasteiger partial charge in [0.05, 0.1) is 0 Å². The monoisotopic (exact) mass is 312 g/mol. The Bertz CT molecular complexity index is 599. The van der Waals surface area contributed by atoms with Crippen LogP contribution in [0, 0.1) is 0 Å². The molecule has 0 fully saturated rings. The van der Waals surface area contributed by atoms with Crippen LogP contribution in [-0.4, -0.2) is 0 Å². The second kappa shape index (κ2) is 8.57. The summed E-state index contributed by atoms with van der Waals surface area (Å²) < 4.78 is 5.80. The Morgan fingerprint density at radius 1 is 0.476 bits per heavy atom. The summed E-state index contributed by atoms with van der Waals surface area (Å²) in [6, 6.07) is 27.8. The third-order valence-corrected chi connectivity index (χ3v) is 3.68. The molecule has 0 bridgehead atoms. The Morgan fingerprint density at radius 2 is 0.810 bits per heavy atom. The SMILES string of the molecule is Pc1ccccc1Oc1ccccc1P.c1ccccc1. The van der Waals surface area contributed by atoms with Crippen molar-refractivity contribution in [3.05, 3.63) is 84.9 Å². The van der Waals surface area contributed by atoms with E-state index in [2.05, 4.69) is 18.5 Å².